The summed E-state index contributed by atoms with van der Waals surface area (Å²) in [5.41, 5.74) is 0.966. The van der Waals surface area contributed by atoms with Crippen molar-refractivity contribution in [1.82, 2.24) is 10.3 Å². The van der Waals surface area contributed by atoms with Gasteiger partial charge < -0.3 is 5.32 Å². The SMILES string of the molecule is CNC(c1ccc(F)cn1)C1CCCC(C)C1. The van der Waals surface area contributed by atoms with Crippen molar-refractivity contribution in [2.24, 2.45) is 11.8 Å². The number of hydrogen-bond donors (Lipinski definition) is 1. The number of hydrogen-bond acceptors (Lipinski definition) is 2. The normalized spacial score (nSPS) is 26.8. The second kappa shape index (κ2) is 5.58. The Morgan fingerprint density at radius 2 is 2.24 bits per heavy atom. The Morgan fingerprint density at radius 1 is 1.41 bits per heavy atom. The van der Waals surface area contributed by atoms with E-state index in [0.29, 0.717) is 5.92 Å². The molecule has 0 spiro atoms. The van der Waals surface area contributed by atoms with Crippen LogP contribution in [0.4, 0.5) is 4.39 Å². The van der Waals surface area contributed by atoms with Crippen LogP contribution in [0.1, 0.15) is 44.3 Å². The van der Waals surface area contributed by atoms with Gasteiger partial charge >= 0.3 is 0 Å². The van der Waals surface area contributed by atoms with Gasteiger partial charge in [0.2, 0.25) is 0 Å². The van der Waals surface area contributed by atoms with E-state index in [1.54, 1.807) is 6.07 Å². The van der Waals surface area contributed by atoms with Gasteiger partial charge in [-0.1, -0.05) is 19.8 Å². The fraction of sp³-hybridized carbons (Fsp3) is 0.643. The first-order chi connectivity index (χ1) is 8.20. The summed E-state index contributed by atoms with van der Waals surface area (Å²) in [4.78, 5) is 4.21. The van der Waals surface area contributed by atoms with Gasteiger partial charge in [0.1, 0.15) is 5.82 Å². The summed E-state index contributed by atoms with van der Waals surface area (Å²) in [6, 6.07) is 3.56. The van der Waals surface area contributed by atoms with E-state index in [2.05, 4.69) is 17.2 Å². The Hall–Kier alpha value is -0.960. The third-order valence-electron chi connectivity index (χ3n) is 3.83. The number of pyridine rings is 1. The van der Waals surface area contributed by atoms with Crippen LogP contribution in [0.3, 0.4) is 0 Å². The van der Waals surface area contributed by atoms with Gasteiger partial charge in [-0.3, -0.25) is 4.98 Å². The summed E-state index contributed by atoms with van der Waals surface area (Å²) in [7, 11) is 1.97. The van der Waals surface area contributed by atoms with E-state index in [1.165, 1.54) is 37.9 Å². The molecule has 1 saturated carbocycles. The molecule has 0 amide bonds. The second-order valence-electron chi connectivity index (χ2n) is 5.20. The van der Waals surface area contributed by atoms with Crippen molar-refractivity contribution in [1.29, 1.82) is 0 Å². The highest BCUT2D eigenvalue weighted by Crippen LogP contribution is 2.36. The van der Waals surface area contributed by atoms with E-state index in [4.69, 9.17) is 0 Å². The molecule has 1 aromatic rings. The molecule has 1 fully saturated rings. The van der Waals surface area contributed by atoms with E-state index < -0.39 is 0 Å². The average molecular weight is 236 g/mol. The van der Waals surface area contributed by atoms with Crippen LogP contribution in [0.2, 0.25) is 0 Å². The molecule has 94 valence electrons. The van der Waals surface area contributed by atoms with Crippen LogP contribution in [-0.2, 0) is 0 Å². The van der Waals surface area contributed by atoms with Gasteiger partial charge in [0.15, 0.2) is 0 Å². The van der Waals surface area contributed by atoms with Crippen molar-refractivity contribution in [3.63, 3.8) is 0 Å². The first kappa shape index (κ1) is 12.5. The lowest BCUT2D eigenvalue weighted by atomic mass is 9.77. The number of halogens is 1. The lowest BCUT2D eigenvalue weighted by Gasteiger charge is -2.32. The predicted octanol–water partition coefficient (Wildman–Crippen LogP) is 3.31. The molecule has 0 aliphatic heterocycles. The lowest BCUT2D eigenvalue weighted by Crippen LogP contribution is -2.29. The van der Waals surface area contributed by atoms with Gasteiger partial charge in [-0.05, 0) is 43.9 Å². The molecule has 2 rings (SSSR count). The lowest BCUT2D eigenvalue weighted by molar-refractivity contribution is 0.227. The van der Waals surface area contributed by atoms with Gasteiger partial charge in [0, 0.05) is 0 Å². The zero-order valence-electron chi connectivity index (χ0n) is 10.6. The predicted molar refractivity (Wildman–Crippen MR) is 67.1 cm³/mol. The maximum absolute atomic E-state index is 12.9. The molecule has 17 heavy (non-hydrogen) atoms. The Labute approximate surface area is 103 Å². The minimum Gasteiger partial charge on any atom is -0.311 e. The molecule has 1 aliphatic carbocycles. The first-order valence-corrected chi connectivity index (χ1v) is 6.49. The molecular weight excluding hydrogens is 215 g/mol. The summed E-state index contributed by atoms with van der Waals surface area (Å²) >= 11 is 0. The molecule has 0 bridgehead atoms. The van der Waals surface area contributed by atoms with E-state index in [-0.39, 0.29) is 11.9 Å². The molecule has 2 nitrogen and oxygen atoms in total. The standard InChI is InChI=1S/C14H21FN2/c1-10-4-3-5-11(8-10)14(16-2)13-7-6-12(15)9-17-13/h6-7,9-11,14,16H,3-5,8H2,1-2H3. The summed E-state index contributed by atoms with van der Waals surface area (Å²) in [5.74, 6) is 1.16. The minimum atomic E-state index is -0.263. The third kappa shape index (κ3) is 3.03. The van der Waals surface area contributed by atoms with Crippen LogP contribution in [0, 0.1) is 17.7 Å². The molecular formula is C14H21FN2. The Bertz CT molecular complexity index is 350. The number of rotatable bonds is 3. The first-order valence-electron chi connectivity index (χ1n) is 6.49. The van der Waals surface area contributed by atoms with Gasteiger partial charge in [-0.15, -0.1) is 0 Å². The summed E-state index contributed by atoms with van der Waals surface area (Å²) in [5, 5.41) is 3.34. The van der Waals surface area contributed by atoms with Gasteiger partial charge in [-0.2, -0.15) is 0 Å². The average Bonchev–Trinajstić information content (AvgIpc) is 2.33. The topological polar surface area (TPSA) is 24.9 Å². The Morgan fingerprint density at radius 3 is 2.82 bits per heavy atom. The molecule has 0 radical (unpaired) electrons. The smallest absolute Gasteiger partial charge is 0.141 e. The third-order valence-corrected chi connectivity index (χ3v) is 3.83. The van der Waals surface area contributed by atoms with Crippen LogP contribution in [0.25, 0.3) is 0 Å². The summed E-state index contributed by atoms with van der Waals surface area (Å²) < 4.78 is 12.9. The minimum absolute atomic E-state index is 0.262. The molecule has 0 saturated heterocycles. The van der Waals surface area contributed by atoms with Crippen molar-refractivity contribution >= 4 is 0 Å². The highest BCUT2D eigenvalue weighted by molar-refractivity contribution is 5.11. The molecule has 3 heteroatoms. The van der Waals surface area contributed by atoms with Gasteiger partial charge in [0.05, 0.1) is 17.9 Å². The van der Waals surface area contributed by atoms with Crippen LogP contribution in [0.15, 0.2) is 18.3 Å². The van der Waals surface area contributed by atoms with Crippen molar-refractivity contribution < 1.29 is 4.39 Å². The van der Waals surface area contributed by atoms with E-state index in [1.807, 2.05) is 7.05 Å². The van der Waals surface area contributed by atoms with Crippen molar-refractivity contribution in [2.75, 3.05) is 7.05 Å². The zero-order chi connectivity index (χ0) is 12.3. The molecule has 1 N–H and O–H groups in total. The molecule has 3 unspecified atom stereocenters. The van der Waals surface area contributed by atoms with E-state index in [9.17, 15) is 4.39 Å². The maximum atomic E-state index is 12.9. The van der Waals surface area contributed by atoms with Crippen LogP contribution >= 0.6 is 0 Å². The molecule has 1 aliphatic rings. The highest BCUT2D eigenvalue weighted by Gasteiger charge is 2.27. The van der Waals surface area contributed by atoms with Crippen molar-refractivity contribution in [3.05, 3.63) is 29.8 Å². The van der Waals surface area contributed by atoms with Gasteiger partial charge in [-0.25, -0.2) is 4.39 Å². The monoisotopic (exact) mass is 236 g/mol. The fourth-order valence-corrected chi connectivity index (χ4v) is 2.98. The summed E-state index contributed by atoms with van der Waals surface area (Å²) in [6.07, 6.45) is 6.43. The highest BCUT2D eigenvalue weighted by atomic mass is 19.1. The molecule has 1 aromatic heterocycles. The van der Waals surface area contributed by atoms with Crippen molar-refractivity contribution in [3.8, 4) is 0 Å². The number of nitrogens with one attached hydrogen (secondary N) is 1. The molecule has 0 aromatic carbocycles. The van der Waals surface area contributed by atoms with Crippen LogP contribution < -0.4 is 5.32 Å². The molecule has 1 heterocycles. The molecule has 3 atom stereocenters. The van der Waals surface area contributed by atoms with E-state index >= 15 is 0 Å². The maximum Gasteiger partial charge on any atom is 0.141 e. The largest absolute Gasteiger partial charge is 0.311 e. The fourth-order valence-electron chi connectivity index (χ4n) is 2.98. The Kier molecular flexibility index (Phi) is 4.11. The number of aromatic nitrogens is 1. The summed E-state index contributed by atoms with van der Waals surface area (Å²) in [6.45, 7) is 2.32. The van der Waals surface area contributed by atoms with Gasteiger partial charge in [0.25, 0.3) is 0 Å². The quantitative estimate of drug-likeness (QED) is 0.871. The van der Waals surface area contributed by atoms with Crippen molar-refractivity contribution in [2.45, 2.75) is 38.6 Å². The second-order valence-corrected chi connectivity index (χ2v) is 5.20. The van der Waals surface area contributed by atoms with E-state index in [0.717, 1.165) is 11.6 Å². The Balaban J connectivity index is 2.12. The van der Waals surface area contributed by atoms with Crippen LogP contribution in [-0.4, -0.2) is 12.0 Å². The zero-order valence-corrected chi connectivity index (χ0v) is 10.6. The number of nitrogens with zero attached hydrogens (tertiary/aromatic N) is 1. The van der Waals surface area contributed by atoms with Crippen LogP contribution in [0.5, 0.6) is 0 Å².